The first kappa shape index (κ1) is 23.2. The van der Waals surface area contributed by atoms with Crippen LogP contribution in [-0.2, 0) is 10.9 Å². The third kappa shape index (κ3) is 4.33. The van der Waals surface area contributed by atoms with E-state index in [4.69, 9.17) is 14.3 Å². The first-order chi connectivity index (χ1) is 15.6. The molecule has 5 atom stereocenters. The molecule has 1 aliphatic heterocycles. The van der Waals surface area contributed by atoms with Gasteiger partial charge in [0.25, 0.3) is 0 Å². The molecule has 0 saturated carbocycles. The molecule has 5 N–H and O–H groups in total. The molecule has 8 nitrogen and oxygen atoms in total. The summed E-state index contributed by atoms with van der Waals surface area (Å²) in [7, 11) is 0. The fraction of sp³-hybridized carbons (Fsp3) is 0.318. The van der Waals surface area contributed by atoms with E-state index in [9.17, 15) is 33.3 Å². The number of aliphatic hydroxyl groups excluding tert-OH is 4. The van der Waals surface area contributed by atoms with Gasteiger partial charge in [-0.05, 0) is 17.7 Å². The van der Waals surface area contributed by atoms with Crippen LogP contribution >= 0.6 is 0 Å². The largest absolute Gasteiger partial charge is 0.422 e. The average Bonchev–Trinajstić information content (AvgIpc) is 2.78. The van der Waals surface area contributed by atoms with Gasteiger partial charge in [0.2, 0.25) is 0 Å². The van der Waals surface area contributed by atoms with E-state index in [1.54, 1.807) is 6.07 Å². The van der Waals surface area contributed by atoms with Crippen LogP contribution in [0.5, 0.6) is 0 Å². The van der Waals surface area contributed by atoms with Crippen LogP contribution in [0.25, 0.3) is 22.1 Å². The maximum absolute atomic E-state index is 14.0. The zero-order chi connectivity index (χ0) is 23.9. The van der Waals surface area contributed by atoms with Gasteiger partial charge < -0.3 is 34.9 Å². The van der Waals surface area contributed by atoms with Crippen molar-refractivity contribution in [2.75, 3.05) is 11.9 Å². The summed E-state index contributed by atoms with van der Waals surface area (Å²) in [6, 6.07) is 9.55. The molecule has 0 aliphatic carbocycles. The van der Waals surface area contributed by atoms with Gasteiger partial charge in [-0.15, -0.1) is 0 Å². The van der Waals surface area contributed by atoms with Gasteiger partial charge >= 0.3 is 11.8 Å². The minimum absolute atomic E-state index is 0.0562. The van der Waals surface area contributed by atoms with Crippen molar-refractivity contribution in [3.8, 4) is 11.1 Å². The molecule has 1 aromatic heterocycles. The predicted octanol–water partition coefficient (Wildman–Crippen LogP) is 1.69. The van der Waals surface area contributed by atoms with Crippen LogP contribution in [0, 0.1) is 0 Å². The number of benzene rings is 2. The molecular formula is C22H20F3NO7. The monoisotopic (exact) mass is 467 g/mol. The quantitative estimate of drug-likeness (QED) is 0.367. The van der Waals surface area contributed by atoms with Gasteiger partial charge in [-0.1, -0.05) is 30.3 Å². The van der Waals surface area contributed by atoms with Crippen molar-refractivity contribution in [3.63, 3.8) is 0 Å². The molecular weight excluding hydrogens is 447 g/mol. The highest BCUT2D eigenvalue weighted by molar-refractivity contribution is 5.89. The van der Waals surface area contributed by atoms with Crippen LogP contribution in [0.1, 0.15) is 5.56 Å². The number of fused-ring (bicyclic) bond motifs is 1. The lowest BCUT2D eigenvalue weighted by Crippen LogP contribution is -2.61. The van der Waals surface area contributed by atoms with Gasteiger partial charge in [0.1, 0.15) is 29.9 Å². The second-order valence-corrected chi connectivity index (χ2v) is 7.61. The molecule has 176 valence electrons. The third-order valence-corrected chi connectivity index (χ3v) is 5.49. The maximum Gasteiger partial charge on any atom is 0.417 e. The Hall–Kier alpha value is -2.96. The second kappa shape index (κ2) is 8.76. The van der Waals surface area contributed by atoms with Gasteiger partial charge in [-0.25, -0.2) is 4.79 Å². The van der Waals surface area contributed by atoms with E-state index >= 15 is 0 Å². The van der Waals surface area contributed by atoms with Crippen molar-refractivity contribution in [2.24, 2.45) is 0 Å². The van der Waals surface area contributed by atoms with E-state index < -0.39 is 60.2 Å². The Balaban J connectivity index is 1.77. The summed E-state index contributed by atoms with van der Waals surface area (Å²) < 4.78 is 52.3. The molecule has 3 unspecified atom stereocenters. The summed E-state index contributed by atoms with van der Waals surface area (Å²) >= 11 is 0. The molecule has 3 aromatic rings. The molecule has 0 bridgehead atoms. The fourth-order valence-electron chi connectivity index (χ4n) is 3.90. The number of nitrogens with one attached hydrogen (secondary N) is 1. The lowest BCUT2D eigenvalue weighted by molar-refractivity contribution is -0.245. The van der Waals surface area contributed by atoms with E-state index in [1.165, 1.54) is 30.3 Å². The Labute approximate surface area is 184 Å². The fourth-order valence-corrected chi connectivity index (χ4v) is 3.90. The minimum Gasteiger partial charge on any atom is -0.422 e. The highest BCUT2D eigenvalue weighted by atomic mass is 19.4. The SMILES string of the molecule is O=c1oc2cc(NC3C(O)OC(CO)[C@H](O)[C@H]3O)ccc2c(C(F)(F)F)c1-c1ccccc1. The van der Waals surface area contributed by atoms with E-state index in [-0.39, 0.29) is 22.2 Å². The maximum atomic E-state index is 14.0. The molecule has 1 fully saturated rings. The van der Waals surface area contributed by atoms with Gasteiger partial charge in [-0.2, -0.15) is 13.2 Å². The molecule has 1 aliphatic rings. The third-order valence-electron chi connectivity index (χ3n) is 5.49. The van der Waals surface area contributed by atoms with Crippen LogP contribution in [-0.4, -0.2) is 57.7 Å². The van der Waals surface area contributed by atoms with Crippen LogP contribution in [0.15, 0.2) is 57.7 Å². The van der Waals surface area contributed by atoms with E-state index in [1.807, 2.05) is 0 Å². The number of ether oxygens (including phenoxy) is 1. The molecule has 0 spiro atoms. The number of hydrogen-bond donors (Lipinski definition) is 5. The zero-order valence-corrected chi connectivity index (χ0v) is 16.9. The Kier molecular flexibility index (Phi) is 6.16. The summed E-state index contributed by atoms with van der Waals surface area (Å²) in [4.78, 5) is 12.6. The number of aliphatic hydroxyl groups is 4. The van der Waals surface area contributed by atoms with Crippen molar-refractivity contribution >= 4 is 16.7 Å². The molecule has 0 amide bonds. The standard InChI is InChI=1S/C22H20F3NO7/c23-22(24,25)16-12-7-6-11(26-17-19(29)18(28)14(9-27)33-21(17)31)8-13(12)32-20(30)15(16)10-4-2-1-3-5-10/h1-8,14,17-19,21,26-29,31H,9H2/t14?,17?,18-,19-,21?/m0/s1. The van der Waals surface area contributed by atoms with E-state index in [2.05, 4.69) is 5.32 Å². The number of hydrogen-bond acceptors (Lipinski definition) is 8. The number of rotatable bonds is 4. The van der Waals surface area contributed by atoms with Crippen molar-refractivity contribution < 1.29 is 42.8 Å². The summed E-state index contributed by atoms with van der Waals surface area (Å²) in [5.74, 6) is 0. The molecule has 33 heavy (non-hydrogen) atoms. The smallest absolute Gasteiger partial charge is 0.417 e. The Morgan fingerprint density at radius 2 is 1.70 bits per heavy atom. The summed E-state index contributed by atoms with van der Waals surface area (Å²) in [5, 5.41) is 41.8. The van der Waals surface area contributed by atoms with Crippen LogP contribution in [0.3, 0.4) is 0 Å². The summed E-state index contributed by atoms with van der Waals surface area (Å²) in [6.45, 7) is -0.646. The number of anilines is 1. The van der Waals surface area contributed by atoms with Gasteiger partial charge in [-0.3, -0.25) is 0 Å². The van der Waals surface area contributed by atoms with Crippen LogP contribution in [0.2, 0.25) is 0 Å². The molecule has 1 saturated heterocycles. The first-order valence-electron chi connectivity index (χ1n) is 9.92. The second-order valence-electron chi connectivity index (χ2n) is 7.61. The van der Waals surface area contributed by atoms with Gasteiger partial charge in [0.05, 0.1) is 17.7 Å². The highest BCUT2D eigenvalue weighted by Gasteiger charge is 2.44. The normalized spacial score (nSPS) is 25.8. The Bertz CT molecular complexity index is 1200. The first-order valence-corrected chi connectivity index (χ1v) is 9.92. The lowest BCUT2D eigenvalue weighted by atomic mass is 9.96. The van der Waals surface area contributed by atoms with Gasteiger partial charge in [0, 0.05) is 17.1 Å². The molecule has 11 heteroatoms. The number of alkyl halides is 3. The van der Waals surface area contributed by atoms with E-state index in [0.717, 1.165) is 12.1 Å². The lowest BCUT2D eigenvalue weighted by Gasteiger charge is -2.40. The van der Waals surface area contributed by atoms with Crippen LogP contribution < -0.4 is 10.9 Å². The van der Waals surface area contributed by atoms with Crippen molar-refractivity contribution in [2.45, 2.75) is 36.8 Å². The van der Waals surface area contributed by atoms with E-state index in [0.29, 0.717) is 0 Å². The summed E-state index contributed by atoms with van der Waals surface area (Å²) in [5.41, 5.74) is -3.16. The molecule has 0 radical (unpaired) electrons. The minimum atomic E-state index is -4.86. The highest BCUT2D eigenvalue weighted by Crippen LogP contribution is 2.40. The number of halogens is 3. The Morgan fingerprint density at radius 3 is 2.33 bits per heavy atom. The Morgan fingerprint density at radius 1 is 1.00 bits per heavy atom. The average molecular weight is 467 g/mol. The molecule has 2 heterocycles. The van der Waals surface area contributed by atoms with Crippen molar-refractivity contribution in [3.05, 3.63) is 64.5 Å². The van der Waals surface area contributed by atoms with Crippen LogP contribution in [0.4, 0.5) is 18.9 Å². The van der Waals surface area contributed by atoms with Crippen molar-refractivity contribution in [1.82, 2.24) is 0 Å². The zero-order valence-electron chi connectivity index (χ0n) is 16.9. The molecule has 2 aromatic carbocycles. The van der Waals surface area contributed by atoms with Gasteiger partial charge in [0.15, 0.2) is 6.29 Å². The topological polar surface area (TPSA) is 132 Å². The summed E-state index contributed by atoms with van der Waals surface area (Å²) in [6.07, 6.45) is -10.8. The molecule has 4 rings (SSSR count). The predicted molar refractivity (Wildman–Crippen MR) is 110 cm³/mol. The van der Waals surface area contributed by atoms with Crippen molar-refractivity contribution in [1.29, 1.82) is 0 Å².